The van der Waals surface area contributed by atoms with Gasteiger partial charge in [0, 0.05) is 19.7 Å². The molecular weight excluding hydrogens is 230 g/mol. The molecule has 1 rings (SSSR count). The molecule has 1 aromatic rings. The lowest BCUT2D eigenvalue weighted by Crippen LogP contribution is -2.23. The molecule has 0 heterocycles. The van der Waals surface area contributed by atoms with Gasteiger partial charge in [0.25, 0.3) is 0 Å². The summed E-state index contributed by atoms with van der Waals surface area (Å²) in [6, 6.07) is 7.13. The van der Waals surface area contributed by atoms with E-state index in [2.05, 4.69) is 5.32 Å². The van der Waals surface area contributed by atoms with Gasteiger partial charge in [0.2, 0.25) is 0 Å². The van der Waals surface area contributed by atoms with Crippen LogP contribution >= 0.6 is 11.6 Å². The second-order valence-corrected chi connectivity index (χ2v) is 3.36. The van der Waals surface area contributed by atoms with Gasteiger partial charge < -0.3 is 14.8 Å². The third-order valence-corrected chi connectivity index (χ3v) is 2.38. The van der Waals surface area contributed by atoms with Crippen molar-refractivity contribution in [2.75, 3.05) is 20.0 Å². The van der Waals surface area contributed by atoms with E-state index in [1.54, 1.807) is 19.2 Å². The van der Waals surface area contributed by atoms with E-state index in [1.807, 2.05) is 12.1 Å². The summed E-state index contributed by atoms with van der Waals surface area (Å²) in [6.07, 6.45) is -0.806. The van der Waals surface area contributed by atoms with Gasteiger partial charge in [0.15, 0.2) is 0 Å². The summed E-state index contributed by atoms with van der Waals surface area (Å²) < 4.78 is 10.3. The van der Waals surface area contributed by atoms with Crippen molar-refractivity contribution >= 4 is 17.7 Å². The predicted octanol–water partition coefficient (Wildman–Crippen LogP) is 2.33. The Morgan fingerprint density at radius 2 is 2.19 bits per heavy atom. The molecule has 0 saturated heterocycles. The fourth-order valence-corrected chi connectivity index (χ4v) is 1.56. The van der Waals surface area contributed by atoms with Gasteiger partial charge in [0.1, 0.15) is 5.75 Å². The molecule has 0 spiro atoms. The molecule has 0 bridgehead atoms. The van der Waals surface area contributed by atoms with E-state index in [0.29, 0.717) is 11.6 Å². The molecule has 5 heteroatoms. The summed E-state index contributed by atoms with van der Waals surface area (Å²) in [5.41, 5.74) is 0.753. The fourth-order valence-electron chi connectivity index (χ4n) is 1.26. The minimum absolute atomic E-state index is 0.289. The smallest absolute Gasteiger partial charge is 0.410 e. The molecule has 0 saturated carbocycles. The van der Waals surface area contributed by atoms with Crippen LogP contribution in [0.2, 0.25) is 0 Å². The summed E-state index contributed by atoms with van der Waals surface area (Å²) >= 11 is 5.76. The molecule has 1 atom stereocenters. The molecule has 0 aliphatic rings. The van der Waals surface area contributed by atoms with Crippen molar-refractivity contribution in [1.29, 1.82) is 0 Å². The summed E-state index contributed by atoms with van der Waals surface area (Å²) in [5.74, 6) is 0.749. The van der Waals surface area contributed by atoms with Crippen LogP contribution in [-0.4, -0.2) is 26.1 Å². The van der Waals surface area contributed by atoms with Crippen LogP contribution in [0.5, 0.6) is 5.75 Å². The Hall–Kier alpha value is -1.26. The maximum absolute atomic E-state index is 11.1. The Morgan fingerprint density at radius 1 is 1.50 bits per heavy atom. The number of halogens is 1. The molecule has 0 fully saturated rings. The monoisotopic (exact) mass is 243 g/mol. The van der Waals surface area contributed by atoms with Crippen molar-refractivity contribution in [2.45, 2.75) is 6.10 Å². The number of carbonyl (C=O) groups excluding carboxylic acids is 1. The highest BCUT2D eigenvalue weighted by molar-refractivity contribution is 6.18. The SMILES string of the molecule is CNC(=O)Oc1ccccc1C(CCl)OC. The highest BCUT2D eigenvalue weighted by Crippen LogP contribution is 2.28. The summed E-state index contributed by atoms with van der Waals surface area (Å²) in [6.45, 7) is 0. The number of hydrogen-bond acceptors (Lipinski definition) is 3. The van der Waals surface area contributed by atoms with E-state index in [4.69, 9.17) is 21.1 Å². The second kappa shape index (κ2) is 6.35. The maximum atomic E-state index is 11.1. The van der Waals surface area contributed by atoms with Crippen LogP contribution < -0.4 is 10.1 Å². The Labute approximate surface area is 99.5 Å². The zero-order valence-corrected chi connectivity index (χ0v) is 9.95. The van der Waals surface area contributed by atoms with Gasteiger partial charge in [-0.25, -0.2) is 4.79 Å². The van der Waals surface area contributed by atoms with E-state index < -0.39 is 6.09 Å². The number of rotatable bonds is 4. The van der Waals surface area contributed by atoms with Crippen molar-refractivity contribution in [3.8, 4) is 5.75 Å². The highest BCUT2D eigenvalue weighted by atomic mass is 35.5. The molecule has 4 nitrogen and oxygen atoms in total. The van der Waals surface area contributed by atoms with E-state index in [9.17, 15) is 4.79 Å². The lowest BCUT2D eigenvalue weighted by atomic mass is 10.1. The molecule has 1 amide bonds. The molecule has 1 aromatic carbocycles. The van der Waals surface area contributed by atoms with E-state index in [0.717, 1.165) is 5.56 Å². The number of ether oxygens (including phenoxy) is 2. The third-order valence-electron chi connectivity index (χ3n) is 2.10. The van der Waals surface area contributed by atoms with E-state index in [1.165, 1.54) is 7.05 Å². The van der Waals surface area contributed by atoms with Crippen LogP contribution in [0, 0.1) is 0 Å². The van der Waals surface area contributed by atoms with Crippen LogP contribution in [-0.2, 0) is 4.74 Å². The van der Waals surface area contributed by atoms with Crippen LogP contribution in [0.25, 0.3) is 0 Å². The predicted molar refractivity (Wildman–Crippen MR) is 62.0 cm³/mol. The third kappa shape index (κ3) is 3.12. The topological polar surface area (TPSA) is 47.6 Å². The van der Waals surface area contributed by atoms with Gasteiger partial charge in [-0.2, -0.15) is 0 Å². The molecule has 0 aliphatic heterocycles. The fraction of sp³-hybridized carbons (Fsp3) is 0.364. The quantitative estimate of drug-likeness (QED) is 0.826. The van der Waals surface area contributed by atoms with Gasteiger partial charge in [-0.1, -0.05) is 18.2 Å². The Kier molecular flexibility index (Phi) is 5.08. The molecule has 0 aliphatic carbocycles. The molecule has 0 radical (unpaired) electrons. The lowest BCUT2D eigenvalue weighted by Gasteiger charge is -2.16. The van der Waals surface area contributed by atoms with E-state index >= 15 is 0 Å². The zero-order chi connectivity index (χ0) is 12.0. The number of para-hydroxylation sites is 1. The van der Waals surface area contributed by atoms with Crippen LogP contribution in [0.15, 0.2) is 24.3 Å². The average Bonchev–Trinajstić information content (AvgIpc) is 2.32. The number of carbonyl (C=O) groups is 1. The second-order valence-electron chi connectivity index (χ2n) is 3.06. The molecular formula is C11H14ClNO3. The molecule has 0 aromatic heterocycles. The minimum Gasteiger partial charge on any atom is -0.410 e. The lowest BCUT2D eigenvalue weighted by molar-refractivity contribution is 0.119. The number of hydrogen-bond donors (Lipinski definition) is 1. The summed E-state index contributed by atoms with van der Waals surface area (Å²) in [7, 11) is 3.06. The van der Waals surface area contributed by atoms with Gasteiger partial charge >= 0.3 is 6.09 Å². The van der Waals surface area contributed by atoms with Gasteiger partial charge in [-0.3, -0.25) is 0 Å². The van der Waals surface area contributed by atoms with Gasteiger partial charge in [0.05, 0.1) is 12.0 Å². The Balaban J connectivity index is 2.94. The molecule has 88 valence electrons. The Bertz CT molecular complexity index is 353. The van der Waals surface area contributed by atoms with Crippen molar-refractivity contribution in [3.05, 3.63) is 29.8 Å². The van der Waals surface area contributed by atoms with Gasteiger partial charge in [-0.15, -0.1) is 11.6 Å². The van der Waals surface area contributed by atoms with Crippen molar-refractivity contribution < 1.29 is 14.3 Å². The number of benzene rings is 1. The summed E-state index contributed by atoms with van der Waals surface area (Å²) in [5, 5.41) is 2.38. The van der Waals surface area contributed by atoms with Crippen LogP contribution in [0.3, 0.4) is 0 Å². The van der Waals surface area contributed by atoms with Crippen LogP contribution in [0.1, 0.15) is 11.7 Å². The standard InChI is InChI=1S/C11H14ClNO3/c1-13-11(14)16-9-6-4-3-5-8(9)10(7-12)15-2/h3-6,10H,7H2,1-2H3,(H,13,14). The van der Waals surface area contributed by atoms with Gasteiger partial charge in [-0.05, 0) is 6.07 Å². The summed E-state index contributed by atoms with van der Waals surface area (Å²) in [4.78, 5) is 11.1. The highest BCUT2D eigenvalue weighted by Gasteiger charge is 2.15. The first kappa shape index (κ1) is 12.8. The largest absolute Gasteiger partial charge is 0.412 e. The average molecular weight is 244 g/mol. The molecule has 1 unspecified atom stereocenters. The normalized spacial score (nSPS) is 11.9. The molecule has 1 N–H and O–H groups in total. The van der Waals surface area contributed by atoms with E-state index in [-0.39, 0.29) is 6.10 Å². The number of alkyl halides is 1. The number of amides is 1. The maximum Gasteiger partial charge on any atom is 0.412 e. The van der Waals surface area contributed by atoms with Crippen molar-refractivity contribution in [3.63, 3.8) is 0 Å². The zero-order valence-electron chi connectivity index (χ0n) is 9.20. The first-order valence-corrected chi connectivity index (χ1v) is 5.33. The van der Waals surface area contributed by atoms with Crippen molar-refractivity contribution in [1.82, 2.24) is 5.32 Å². The minimum atomic E-state index is -0.517. The number of nitrogens with one attached hydrogen (secondary N) is 1. The first-order valence-electron chi connectivity index (χ1n) is 4.80. The molecule has 16 heavy (non-hydrogen) atoms. The Morgan fingerprint density at radius 3 is 2.75 bits per heavy atom. The first-order chi connectivity index (χ1) is 7.72. The number of methoxy groups -OCH3 is 1. The van der Waals surface area contributed by atoms with Crippen molar-refractivity contribution in [2.24, 2.45) is 0 Å². The van der Waals surface area contributed by atoms with Crippen LogP contribution in [0.4, 0.5) is 4.79 Å².